The predicted octanol–water partition coefficient (Wildman–Crippen LogP) is 2.72. The van der Waals surface area contributed by atoms with Crippen LogP contribution in [0.4, 0.5) is 0 Å². The highest BCUT2D eigenvalue weighted by Crippen LogP contribution is 2.32. The zero-order chi connectivity index (χ0) is 14.4. The maximum atomic E-state index is 11.6. The largest absolute Gasteiger partial charge is 0.469 e. The molecule has 0 saturated carbocycles. The van der Waals surface area contributed by atoms with Crippen LogP contribution in [0.3, 0.4) is 0 Å². The monoisotopic (exact) mass is 283 g/mol. The number of amides is 1. The molecule has 1 aliphatic rings. The molecule has 19 heavy (non-hydrogen) atoms. The molecule has 1 aromatic rings. The first-order valence-corrected chi connectivity index (χ1v) is 6.62. The number of nitrogens with one attached hydrogen (secondary N) is 1. The number of ether oxygens (including phenoxy) is 1. The van der Waals surface area contributed by atoms with E-state index in [-0.39, 0.29) is 24.3 Å². The lowest BCUT2D eigenvalue weighted by atomic mass is 9.94. The van der Waals surface area contributed by atoms with Gasteiger partial charge in [-0.1, -0.05) is 37.6 Å². The summed E-state index contributed by atoms with van der Waals surface area (Å²) in [6.07, 6.45) is 0.157. The second-order valence-corrected chi connectivity index (χ2v) is 4.37. The molecular formula is C14H18ClNO3. The average molecular weight is 284 g/mol. The molecule has 0 radical (unpaired) electrons. The second kappa shape index (κ2) is 7.14. The standard InChI is InChI=1S/C12H12ClNO3.C2H6/c1-17-12(16)9-6-10(15)14-11(9)7-3-2-4-8(13)5-7;1-2/h2-5,9,11H,6H2,1H3,(H,14,15);1-2H3. The van der Waals surface area contributed by atoms with Gasteiger partial charge in [0, 0.05) is 11.4 Å². The second-order valence-electron chi connectivity index (χ2n) is 3.93. The lowest BCUT2D eigenvalue weighted by Crippen LogP contribution is -2.25. The van der Waals surface area contributed by atoms with Crippen molar-refractivity contribution in [2.75, 3.05) is 7.11 Å². The first-order valence-electron chi connectivity index (χ1n) is 6.24. The molecular weight excluding hydrogens is 266 g/mol. The fourth-order valence-corrected chi connectivity index (χ4v) is 2.24. The fourth-order valence-electron chi connectivity index (χ4n) is 2.04. The molecule has 2 unspecified atom stereocenters. The summed E-state index contributed by atoms with van der Waals surface area (Å²) in [4.78, 5) is 23.0. The number of rotatable bonds is 2. The molecule has 0 spiro atoms. The third kappa shape index (κ3) is 3.70. The van der Waals surface area contributed by atoms with E-state index in [1.807, 2.05) is 19.9 Å². The van der Waals surface area contributed by atoms with Crippen LogP contribution in [0.5, 0.6) is 0 Å². The van der Waals surface area contributed by atoms with Crippen molar-refractivity contribution in [3.63, 3.8) is 0 Å². The quantitative estimate of drug-likeness (QED) is 0.849. The number of hydrogen-bond acceptors (Lipinski definition) is 3. The molecule has 1 saturated heterocycles. The highest BCUT2D eigenvalue weighted by molar-refractivity contribution is 6.30. The SMILES string of the molecule is CC.COC(=O)C1CC(=O)NC1c1cccc(Cl)c1. The van der Waals surface area contributed by atoms with E-state index in [2.05, 4.69) is 5.32 Å². The molecule has 1 amide bonds. The van der Waals surface area contributed by atoms with E-state index in [9.17, 15) is 9.59 Å². The van der Waals surface area contributed by atoms with Gasteiger partial charge in [-0.2, -0.15) is 0 Å². The minimum Gasteiger partial charge on any atom is -0.469 e. The van der Waals surface area contributed by atoms with Crippen molar-refractivity contribution >= 4 is 23.5 Å². The summed E-state index contributed by atoms with van der Waals surface area (Å²) in [6, 6.07) is 6.76. The molecule has 0 aromatic heterocycles. The summed E-state index contributed by atoms with van der Waals surface area (Å²) in [6.45, 7) is 4.00. The molecule has 1 aromatic carbocycles. The Labute approximate surface area is 118 Å². The van der Waals surface area contributed by atoms with Crippen LogP contribution >= 0.6 is 11.6 Å². The Balaban J connectivity index is 0.000000861. The summed E-state index contributed by atoms with van der Waals surface area (Å²) in [5.74, 6) is -1.01. The van der Waals surface area contributed by atoms with Crippen molar-refractivity contribution in [1.29, 1.82) is 0 Å². The molecule has 1 N–H and O–H groups in total. The first kappa shape index (κ1) is 15.5. The van der Waals surface area contributed by atoms with E-state index in [0.717, 1.165) is 5.56 Å². The summed E-state index contributed by atoms with van der Waals surface area (Å²) in [5, 5.41) is 3.34. The number of halogens is 1. The van der Waals surface area contributed by atoms with Gasteiger partial charge in [-0.05, 0) is 17.7 Å². The Morgan fingerprint density at radius 1 is 1.42 bits per heavy atom. The summed E-state index contributed by atoms with van der Waals surface area (Å²) in [7, 11) is 1.32. The van der Waals surface area contributed by atoms with Crippen LogP contribution in [0.2, 0.25) is 5.02 Å². The van der Waals surface area contributed by atoms with Crippen molar-refractivity contribution in [1.82, 2.24) is 5.32 Å². The lowest BCUT2D eigenvalue weighted by Gasteiger charge is -2.17. The highest BCUT2D eigenvalue weighted by Gasteiger charge is 2.39. The first-order chi connectivity index (χ1) is 9.11. The van der Waals surface area contributed by atoms with Crippen molar-refractivity contribution < 1.29 is 14.3 Å². The molecule has 2 rings (SSSR count). The Morgan fingerprint density at radius 3 is 2.68 bits per heavy atom. The van der Waals surface area contributed by atoms with Crippen molar-refractivity contribution in [3.05, 3.63) is 34.9 Å². The van der Waals surface area contributed by atoms with Gasteiger partial charge in [-0.3, -0.25) is 9.59 Å². The minimum absolute atomic E-state index is 0.148. The Hall–Kier alpha value is -1.55. The average Bonchev–Trinajstić information content (AvgIpc) is 2.82. The highest BCUT2D eigenvalue weighted by atomic mass is 35.5. The van der Waals surface area contributed by atoms with E-state index in [0.29, 0.717) is 5.02 Å². The minimum atomic E-state index is -0.481. The van der Waals surface area contributed by atoms with Gasteiger partial charge in [-0.15, -0.1) is 0 Å². The summed E-state index contributed by atoms with van der Waals surface area (Å²) >= 11 is 5.89. The van der Waals surface area contributed by atoms with Gasteiger partial charge < -0.3 is 10.1 Å². The summed E-state index contributed by atoms with van der Waals surface area (Å²) in [5.41, 5.74) is 0.818. The van der Waals surface area contributed by atoms with Crippen LogP contribution in [0.25, 0.3) is 0 Å². The number of benzene rings is 1. The molecule has 1 heterocycles. The molecule has 4 nitrogen and oxygen atoms in total. The normalized spacial score (nSPS) is 21.2. The Bertz CT molecular complexity index is 462. The molecule has 5 heteroatoms. The third-order valence-electron chi connectivity index (χ3n) is 2.84. The molecule has 1 aliphatic heterocycles. The van der Waals surface area contributed by atoms with E-state index < -0.39 is 5.92 Å². The number of carbonyl (C=O) groups is 2. The van der Waals surface area contributed by atoms with Gasteiger partial charge in [0.05, 0.1) is 19.1 Å². The number of esters is 1. The molecule has 0 bridgehead atoms. The number of methoxy groups -OCH3 is 1. The fraction of sp³-hybridized carbons (Fsp3) is 0.429. The zero-order valence-electron chi connectivity index (χ0n) is 11.3. The van der Waals surface area contributed by atoms with Gasteiger partial charge in [0.1, 0.15) is 0 Å². The van der Waals surface area contributed by atoms with Crippen LogP contribution in [-0.2, 0) is 14.3 Å². The predicted molar refractivity (Wildman–Crippen MR) is 73.8 cm³/mol. The van der Waals surface area contributed by atoms with Gasteiger partial charge in [0.15, 0.2) is 0 Å². The van der Waals surface area contributed by atoms with E-state index in [1.165, 1.54) is 7.11 Å². The Kier molecular flexibility index (Phi) is 5.83. The van der Waals surface area contributed by atoms with Crippen LogP contribution in [-0.4, -0.2) is 19.0 Å². The van der Waals surface area contributed by atoms with Crippen molar-refractivity contribution in [2.24, 2.45) is 5.92 Å². The van der Waals surface area contributed by atoms with Crippen LogP contribution in [0, 0.1) is 5.92 Å². The molecule has 104 valence electrons. The smallest absolute Gasteiger partial charge is 0.311 e. The number of hydrogen-bond donors (Lipinski definition) is 1. The topological polar surface area (TPSA) is 55.4 Å². The molecule has 1 fully saturated rings. The number of carbonyl (C=O) groups excluding carboxylic acids is 2. The van der Waals surface area contributed by atoms with Gasteiger partial charge >= 0.3 is 5.97 Å². The van der Waals surface area contributed by atoms with E-state index in [4.69, 9.17) is 16.3 Å². The lowest BCUT2D eigenvalue weighted by molar-refractivity contribution is -0.146. The third-order valence-corrected chi connectivity index (χ3v) is 3.07. The zero-order valence-corrected chi connectivity index (χ0v) is 12.0. The molecule has 0 aliphatic carbocycles. The summed E-state index contributed by atoms with van der Waals surface area (Å²) < 4.78 is 4.70. The van der Waals surface area contributed by atoms with Crippen molar-refractivity contribution in [2.45, 2.75) is 26.3 Å². The van der Waals surface area contributed by atoms with E-state index >= 15 is 0 Å². The van der Waals surface area contributed by atoms with Crippen LogP contribution in [0.1, 0.15) is 31.9 Å². The van der Waals surface area contributed by atoms with Crippen LogP contribution < -0.4 is 5.32 Å². The van der Waals surface area contributed by atoms with Crippen LogP contribution in [0.15, 0.2) is 24.3 Å². The molecule has 2 atom stereocenters. The van der Waals surface area contributed by atoms with Gasteiger partial charge in [-0.25, -0.2) is 0 Å². The van der Waals surface area contributed by atoms with Gasteiger partial charge in [0.2, 0.25) is 5.91 Å². The maximum Gasteiger partial charge on any atom is 0.311 e. The van der Waals surface area contributed by atoms with Gasteiger partial charge in [0.25, 0.3) is 0 Å². The Morgan fingerprint density at radius 2 is 2.11 bits per heavy atom. The maximum absolute atomic E-state index is 11.6. The van der Waals surface area contributed by atoms with E-state index in [1.54, 1.807) is 18.2 Å². The van der Waals surface area contributed by atoms with Crippen molar-refractivity contribution in [3.8, 4) is 0 Å².